The Labute approximate surface area is 132 Å². The third kappa shape index (κ3) is 2.29. The van der Waals surface area contributed by atoms with Gasteiger partial charge in [-0.3, -0.25) is 9.80 Å². The molecule has 0 unspecified atom stereocenters. The van der Waals surface area contributed by atoms with E-state index < -0.39 is 0 Å². The first-order chi connectivity index (χ1) is 10.9. The average Bonchev–Trinajstić information content (AvgIpc) is 2.94. The molecule has 3 heterocycles. The molecule has 118 valence electrons. The minimum absolute atomic E-state index is 0.364. The topological polar surface area (TPSA) is 24.9 Å². The smallest absolute Gasteiger partial charge is 0.231 e. The SMILES string of the molecule is c1cc2c(cc1CN1CC[C@H]3[C@H]1CCN3CC1CC1)OCO2. The summed E-state index contributed by atoms with van der Waals surface area (Å²) in [7, 11) is 0. The Morgan fingerprint density at radius 2 is 1.68 bits per heavy atom. The van der Waals surface area contributed by atoms with Gasteiger partial charge in [0.25, 0.3) is 0 Å². The second kappa shape index (κ2) is 5.14. The summed E-state index contributed by atoms with van der Waals surface area (Å²) in [6.45, 7) is 5.33. The van der Waals surface area contributed by atoms with Crippen molar-refractivity contribution < 1.29 is 9.47 Å². The highest BCUT2D eigenvalue weighted by atomic mass is 16.7. The molecule has 0 N–H and O–H groups in total. The van der Waals surface area contributed by atoms with Crippen LogP contribution in [0.1, 0.15) is 31.2 Å². The van der Waals surface area contributed by atoms with Crippen LogP contribution in [0.3, 0.4) is 0 Å². The number of ether oxygens (including phenoxy) is 2. The molecule has 0 amide bonds. The lowest BCUT2D eigenvalue weighted by Crippen LogP contribution is -2.37. The highest BCUT2D eigenvalue weighted by Crippen LogP contribution is 2.38. The minimum atomic E-state index is 0.364. The van der Waals surface area contributed by atoms with Gasteiger partial charge in [-0.2, -0.15) is 0 Å². The van der Waals surface area contributed by atoms with Gasteiger partial charge in [-0.05, 0) is 49.3 Å². The Morgan fingerprint density at radius 1 is 0.909 bits per heavy atom. The van der Waals surface area contributed by atoms with Crippen LogP contribution in [0, 0.1) is 5.92 Å². The number of likely N-dealkylation sites (tertiary alicyclic amines) is 2. The summed E-state index contributed by atoms with van der Waals surface area (Å²) < 4.78 is 10.9. The quantitative estimate of drug-likeness (QED) is 0.853. The molecule has 5 rings (SSSR count). The number of fused-ring (bicyclic) bond motifs is 2. The van der Waals surface area contributed by atoms with E-state index in [1.54, 1.807) is 0 Å². The number of hydrogen-bond donors (Lipinski definition) is 0. The van der Waals surface area contributed by atoms with Gasteiger partial charge in [0, 0.05) is 38.3 Å². The summed E-state index contributed by atoms with van der Waals surface area (Å²) in [4.78, 5) is 5.47. The van der Waals surface area contributed by atoms with E-state index in [0.717, 1.165) is 36.0 Å². The third-order valence-corrected chi connectivity index (χ3v) is 5.82. The van der Waals surface area contributed by atoms with Crippen LogP contribution in [-0.4, -0.2) is 48.3 Å². The molecule has 4 nitrogen and oxygen atoms in total. The van der Waals surface area contributed by atoms with E-state index >= 15 is 0 Å². The van der Waals surface area contributed by atoms with E-state index in [2.05, 4.69) is 28.0 Å². The fourth-order valence-corrected chi connectivity index (χ4v) is 4.49. The Bertz CT molecular complexity index is 572. The van der Waals surface area contributed by atoms with Crippen molar-refractivity contribution in [3.8, 4) is 11.5 Å². The van der Waals surface area contributed by atoms with Crippen LogP contribution < -0.4 is 9.47 Å². The Balaban J connectivity index is 1.27. The maximum atomic E-state index is 5.51. The normalized spacial score (nSPS) is 30.9. The number of hydrogen-bond acceptors (Lipinski definition) is 4. The zero-order chi connectivity index (χ0) is 14.5. The van der Waals surface area contributed by atoms with Crippen LogP contribution >= 0.6 is 0 Å². The monoisotopic (exact) mass is 300 g/mol. The third-order valence-electron chi connectivity index (χ3n) is 5.82. The lowest BCUT2D eigenvalue weighted by Gasteiger charge is -2.25. The van der Waals surface area contributed by atoms with Crippen LogP contribution in [-0.2, 0) is 6.54 Å². The van der Waals surface area contributed by atoms with Gasteiger partial charge in [0.1, 0.15) is 0 Å². The predicted molar refractivity (Wildman–Crippen MR) is 84.1 cm³/mol. The number of nitrogens with zero attached hydrogens (tertiary/aromatic N) is 2. The first-order valence-corrected chi connectivity index (χ1v) is 8.73. The van der Waals surface area contributed by atoms with Crippen molar-refractivity contribution >= 4 is 0 Å². The maximum absolute atomic E-state index is 5.51. The van der Waals surface area contributed by atoms with Crippen LogP contribution in [0.25, 0.3) is 0 Å². The van der Waals surface area contributed by atoms with Crippen LogP contribution in [0.5, 0.6) is 11.5 Å². The number of benzene rings is 1. The predicted octanol–water partition coefficient (Wildman–Crippen LogP) is 2.47. The fraction of sp³-hybridized carbons (Fsp3) is 0.667. The van der Waals surface area contributed by atoms with Crippen molar-refractivity contribution in [2.75, 3.05) is 26.4 Å². The lowest BCUT2D eigenvalue weighted by molar-refractivity contribution is 0.174. The Kier molecular flexibility index (Phi) is 3.08. The van der Waals surface area contributed by atoms with Crippen LogP contribution in [0.15, 0.2) is 18.2 Å². The molecule has 1 aliphatic carbocycles. The van der Waals surface area contributed by atoms with Gasteiger partial charge < -0.3 is 9.47 Å². The van der Waals surface area contributed by atoms with Crippen LogP contribution in [0.2, 0.25) is 0 Å². The molecule has 22 heavy (non-hydrogen) atoms. The summed E-state index contributed by atoms with van der Waals surface area (Å²) in [5.74, 6) is 2.82. The Morgan fingerprint density at radius 3 is 2.55 bits per heavy atom. The summed E-state index contributed by atoms with van der Waals surface area (Å²) >= 11 is 0. The molecule has 1 saturated carbocycles. The molecule has 2 saturated heterocycles. The largest absolute Gasteiger partial charge is 0.454 e. The summed E-state index contributed by atoms with van der Waals surface area (Å²) in [6.07, 6.45) is 5.63. The molecule has 4 heteroatoms. The second-order valence-electron chi connectivity index (χ2n) is 7.31. The fourth-order valence-electron chi connectivity index (χ4n) is 4.49. The lowest BCUT2D eigenvalue weighted by atomic mass is 10.1. The maximum Gasteiger partial charge on any atom is 0.231 e. The van der Waals surface area contributed by atoms with E-state index in [0.29, 0.717) is 6.79 Å². The minimum Gasteiger partial charge on any atom is -0.454 e. The molecule has 0 aromatic heterocycles. The first kappa shape index (κ1) is 13.2. The molecule has 4 aliphatic rings. The average molecular weight is 300 g/mol. The van der Waals surface area contributed by atoms with Gasteiger partial charge in [0.05, 0.1) is 0 Å². The van der Waals surface area contributed by atoms with Gasteiger partial charge in [-0.1, -0.05) is 6.07 Å². The first-order valence-electron chi connectivity index (χ1n) is 8.73. The molecule has 0 bridgehead atoms. The molecule has 1 aromatic rings. The summed E-state index contributed by atoms with van der Waals surface area (Å²) in [6, 6.07) is 7.99. The molecule has 0 radical (unpaired) electrons. The second-order valence-corrected chi connectivity index (χ2v) is 7.31. The molecule has 3 aliphatic heterocycles. The zero-order valence-electron chi connectivity index (χ0n) is 13.0. The van der Waals surface area contributed by atoms with E-state index in [9.17, 15) is 0 Å². The van der Waals surface area contributed by atoms with E-state index in [-0.39, 0.29) is 0 Å². The van der Waals surface area contributed by atoms with Crippen molar-refractivity contribution in [1.82, 2.24) is 9.80 Å². The number of rotatable bonds is 4. The molecule has 3 fully saturated rings. The van der Waals surface area contributed by atoms with Crippen molar-refractivity contribution in [2.45, 2.75) is 44.3 Å². The summed E-state index contributed by atoms with van der Waals surface area (Å²) in [5.41, 5.74) is 1.35. The Hall–Kier alpha value is -1.26. The highest BCUT2D eigenvalue weighted by molar-refractivity contribution is 5.44. The van der Waals surface area contributed by atoms with E-state index in [1.807, 2.05) is 0 Å². The molecule has 1 aromatic carbocycles. The van der Waals surface area contributed by atoms with E-state index in [1.165, 1.54) is 50.9 Å². The van der Waals surface area contributed by atoms with Gasteiger partial charge in [-0.25, -0.2) is 0 Å². The van der Waals surface area contributed by atoms with Gasteiger partial charge in [-0.15, -0.1) is 0 Å². The molecule has 0 spiro atoms. The summed E-state index contributed by atoms with van der Waals surface area (Å²) in [5, 5.41) is 0. The molecular weight excluding hydrogens is 276 g/mol. The van der Waals surface area contributed by atoms with Crippen molar-refractivity contribution in [3.05, 3.63) is 23.8 Å². The standard InChI is InChI=1S/C18H24N2O2/c1-2-13(1)10-19-7-5-16-15(19)6-8-20(16)11-14-3-4-17-18(9-14)22-12-21-17/h3-4,9,13,15-16H,1-2,5-8,10-12H2/t15-,16+/m0/s1. The van der Waals surface area contributed by atoms with Crippen molar-refractivity contribution in [2.24, 2.45) is 5.92 Å². The molecular formula is C18H24N2O2. The van der Waals surface area contributed by atoms with Crippen LogP contribution in [0.4, 0.5) is 0 Å². The van der Waals surface area contributed by atoms with Gasteiger partial charge >= 0.3 is 0 Å². The van der Waals surface area contributed by atoms with E-state index in [4.69, 9.17) is 9.47 Å². The van der Waals surface area contributed by atoms with Crippen molar-refractivity contribution in [1.29, 1.82) is 0 Å². The van der Waals surface area contributed by atoms with Crippen molar-refractivity contribution in [3.63, 3.8) is 0 Å². The van der Waals surface area contributed by atoms with Gasteiger partial charge in [0.2, 0.25) is 6.79 Å². The zero-order valence-corrected chi connectivity index (χ0v) is 13.0. The van der Waals surface area contributed by atoms with Gasteiger partial charge in [0.15, 0.2) is 11.5 Å². The highest BCUT2D eigenvalue weighted by Gasteiger charge is 2.43. The molecule has 2 atom stereocenters.